The number of rotatable bonds is 7. The first kappa shape index (κ1) is 19.1. The fraction of sp³-hybridized carbons (Fsp3) is 0.158. The second-order valence-electron chi connectivity index (χ2n) is 5.62. The van der Waals surface area contributed by atoms with E-state index in [1.54, 1.807) is 23.6 Å². The van der Waals surface area contributed by atoms with E-state index < -0.39 is 0 Å². The van der Waals surface area contributed by atoms with Gasteiger partial charge in [-0.25, -0.2) is 9.97 Å². The third kappa shape index (κ3) is 5.38. The summed E-state index contributed by atoms with van der Waals surface area (Å²) in [5.41, 5.74) is 8.48. The number of nitrogens with zero attached hydrogens (tertiary/aromatic N) is 3. The number of thioether (sulfide) groups is 1. The van der Waals surface area contributed by atoms with Crippen molar-refractivity contribution in [3.8, 4) is 0 Å². The fourth-order valence-corrected chi connectivity index (χ4v) is 3.41. The minimum atomic E-state index is -0.310. The van der Waals surface area contributed by atoms with Crippen LogP contribution in [0.5, 0.6) is 0 Å². The number of thiophene rings is 1. The summed E-state index contributed by atoms with van der Waals surface area (Å²) in [4.78, 5) is 26.3. The maximum Gasteiger partial charge on any atom is 0.270 e. The van der Waals surface area contributed by atoms with Gasteiger partial charge in [-0.05, 0) is 41.2 Å². The Labute approximate surface area is 166 Å². The van der Waals surface area contributed by atoms with Crippen LogP contribution in [0, 0.1) is 0 Å². The molecule has 1 aliphatic rings. The molecule has 6 nitrogen and oxygen atoms in total. The number of anilines is 1. The van der Waals surface area contributed by atoms with E-state index in [0.29, 0.717) is 12.2 Å². The quantitative estimate of drug-likeness (QED) is 0.697. The summed E-state index contributed by atoms with van der Waals surface area (Å²) in [5, 5.41) is 6.74. The lowest BCUT2D eigenvalue weighted by Crippen LogP contribution is -2.26. The zero-order valence-electron chi connectivity index (χ0n) is 14.8. The Balaban J connectivity index is 1.68. The normalized spacial score (nSPS) is 14.0. The van der Waals surface area contributed by atoms with Crippen LogP contribution in [-0.2, 0) is 0 Å². The summed E-state index contributed by atoms with van der Waals surface area (Å²) in [6.07, 6.45) is 10.5. The third-order valence-corrected chi connectivity index (χ3v) is 4.98. The van der Waals surface area contributed by atoms with E-state index in [0.717, 1.165) is 22.6 Å². The number of aliphatic imine (C=N–C) groups is 1. The van der Waals surface area contributed by atoms with Gasteiger partial charge in [0.1, 0.15) is 5.69 Å². The van der Waals surface area contributed by atoms with Crippen LogP contribution in [0.15, 0.2) is 57.9 Å². The van der Waals surface area contributed by atoms with Gasteiger partial charge in [0.25, 0.3) is 5.91 Å². The average molecular weight is 398 g/mol. The van der Waals surface area contributed by atoms with Gasteiger partial charge in [0, 0.05) is 11.1 Å². The van der Waals surface area contributed by atoms with Crippen molar-refractivity contribution in [1.82, 2.24) is 15.3 Å². The summed E-state index contributed by atoms with van der Waals surface area (Å²) < 4.78 is 0. The van der Waals surface area contributed by atoms with E-state index in [1.807, 2.05) is 47.4 Å². The fourth-order valence-electron chi connectivity index (χ4n) is 2.41. The van der Waals surface area contributed by atoms with Gasteiger partial charge in [-0.1, -0.05) is 24.3 Å². The number of nitrogens with one attached hydrogen (secondary N) is 1. The molecule has 0 bridgehead atoms. The highest BCUT2D eigenvalue weighted by Crippen LogP contribution is 2.22. The molecule has 27 heavy (non-hydrogen) atoms. The average Bonchev–Trinajstić information content (AvgIpc) is 3.37. The van der Waals surface area contributed by atoms with Crippen molar-refractivity contribution in [1.29, 1.82) is 0 Å². The topological polar surface area (TPSA) is 93.3 Å². The maximum atomic E-state index is 12.5. The highest BCUT2D eigenvalue weighted by molar-refractivity contribution is 8.01. The van der Waals surface area contributed by atoms with Gasteiger partial charge in [-0.3, -0.25) is 9.79 Å². The molecule has 0 spiro atoms. The number of amides is 1. The van der Waals surface area contributed by atoms with E-state index in [2.05, 4.69) is 20.3 Å². The number of allylic oxidation sites excluding steroid dienone is 4. The molecule has 1 aliphatic carbocycles. The first-order valence-electron chi connectivity index (χ1n) is 8.24. The summed E-state index contributed by atoms with van der Waals surface area (Å²) in [6.45, 7) is 0.297. The predicted octanol–water partition coefficient (Wildman–Crippen LogP) is 3.52. The number of hydrogen-bond donors (Lipinski definition) is 2. The first-order chi connectivity index (χ1) is 13.2. The van der Waals surface area contributed by atoms with Crippen LogP contribution < -0.4 is 11.1 Å². The molecule has 0 saturated heterocycles. The predicted molar refractivity (Wildman–Crippen MR) is 114 cm³/mol. The van der Waals surface area contributed by atoms with Crippen LogP contribution in [-0.4, -0.2) is 34.9 Å². The smallest absolute Gasteiger partial charge is 0.270 e. The molecule has 3 rings (SSSR count). The maximum absolute atomic E-state index is 12.5. The van der Waals surface area contributed by atoms with Gasteiger partial charge in [0.05, 0.1) is 17.9 Å². The molecular weight excluding hydrogens is 378 g/mol. The number of carbonyl (C=O) groups is 1. The molecule has 2 aromatic rings. The number of aromatic nitrogens is 2. The van der Waals surface area contributed by atoms with Crippen LogP contribution in [0.3, 0.4) is 0 Å². The zero-order valence-corrected chi connectivity index (χ0v) is 16.4. The Morgan fingerprint density at radius 1 is 1.48 bits per heavy atom. The highest BCUT2D eigenvalue weighted by Gasteiger charge is 2.14. The van der Waals surface area contributed by atoms with Gasteiger partial charge in [-0.2, -0.15) is 0 Å². The largest absolute Gasteiger partial charge is 0.368 e. The van der Waals surface area contributed by atoms with Crippen LogP contribution >= 0.6 is 23.1 Å². The van der Waals surface area contributed by atoms with Crippen molar-refractivity contribution >= 4 is 46.7 Å². The molecule has 0 aliphatic heterocycles. The molecule has 1 amide bonds. The molecule has 0 aromatic carbocycles. The number of hydrogen-bond acceptors (Lipinski definition) is 7. The summed E-state index contributed by atoms with van der Waals surface area (Å²) in [5.74, 6) is -0.226. The van der Waals surface area contributed by atoms with E-state index in [-0.39, 0.29) is 17.5 Å². The molecule has 0 unspecified atom stereocenters. The second-order valence-corrected chi connectivity index (χ2v) is 7.31. The molecule has 0 radical (unpaired) electrons. The Hall–Kier alpha value is -2.71. The van der Waals surface area contributed by atoms with Crippen molar-refractivity contribution < 1.29 is 4.79 Å². The standard InChI is InChI=1S/C19H19N5OS2/c1-26-12-14(21-11-15-7-4-8-27-15)10-22-18(25)17-9-16(23-19(20)24-17)13-5-2-3-6-13/h2-5,7-9,11-12H,6,10H2,1H3,(H,22,25)(H2,20,23,24)/b14-12-,21-11?. The van der Waals surface area contributed by atoms with E-state index >= 15 is 0 Å². The van der Waals surface area contributed by atoms with Gasteiger partial charge in [-0.15, -0.1) is 23.1 Å². The van der Waals surface area contributed by atoms with Crippen LogP contribution in [0.1, 0.15) is 27.5 Å². The molecule has 0 atom stereocenters. The monoisotopic (exact) mass is 397 g/mol. The molecule has 2 aromatic heterocycles. The summed E-state index contributed by atoms with van der Waals surface area (Å²) in [6, 6.07) is 5.62. The molecular formula is C19H19N5OS2. The Morgan fingerprint density at radius 3 is 3.07 bits per heavy atom. The van der Waals surface area contributed by atoms with Crippen LogP contribution in [0.2, 0.25) is 0 Å². The SMILES string of the molecule is CS/C=C(/CNC(=O)c1cc(C2=CC=CC2)nc(N)n1)N=Cc1cccs1. The highest BCUT2D eigenvalue weighted by atomic mass is 32.2. The van der Waals surface area contributed by atoms with E-state index in [4.69, 9.17) is 5.73 Å². The molecule has 0 fully saturated rings. The molecule has 138 valence electrons. The van der Waals surface area contributed by atoms with Crippen molar-refractivity contribution in [2.75, 3.05) is 18.5 Å². The molecule has 0 saturated carbocycles. The molecule has 2 heterocycles. The molecule has 3 N–H and O–H groups in total. The van der Waals surface area contributed by atoms with E-state index in [9.17, 15) is 4.79 Å². The number of carbonyl (C=O) groups excluding carboxylic acids is 1. The minimum Gasteiger partial charge on any atom is -0.368 e. The molecule has 8 heteroatoms. The van der Waals surface area contributed by atoms with E-state index in [1.165, 1.54) is 11.8 Å². The van der Waals surface area contributed by atoms with Gasteiger partial charge < -0.3 is 11.1 Å². The Kier molecular flexibility index (Phi) is 6.56. The minimum absolute atomic E-state index is 0.0843. The van der Waals surface area contributed by atoms with Crippen molar-refractivity contribution in [2.24, 2.45) is 4.99 Å². The third-order valence-electron chi connectivity index (χ3n) is 3.66. The lowest BCUT2D eigenvalue weighted by Gasteiger charge is -2.08. The van der Waals surface area contributed by atoms with Gasteiger partial charge in [0.15, 0.2) is 0 Å². The first-order valence-corrected chi connectivity index (χ1v) is 10.4. The Bertz CT molecular complexity index is 930. The van der Waals surface area contributed by atoms with Crippen LogP contribution in [0.4, 0.5) is 5.95 Å². The lowest BCUT2D eigenvalue weighted by molar-refractivity contribution is 0.0952. The van der Waals surface area contributed by atoms with Gasteiger partial charge >= 0.3 is 0 Å². The van der Waals surface area contributed by atoms with Crippen molar-refractivity contribution in [3.05, 3.63) is 69.2 Å². The second kappa shape index (κ2) is 9.29. The van der Waals surface area contributed by atoms with Crippen molar-refractivity contribution in [2.45, 2.75) is 6.42 Å². The Morgan fingerprint density at radius 2 is 2.37 bits per heavy atom. The number of nitrogen functional groups attached to an aromatic ring is 1. The van der Waals surface area contributed by atoms with Crippen molar-refractivity contribution in [3.63, 3.8) is 0 Å². The number of nitrogens with two attached hydrogens (primary N) is 1. The summed E-state index contributed by atoms with van der Waals surface area (Å²) >= 11 is 3.14. The van der Waals surface area contributed by atoms with Gasteiger partial charge in [0.2, 0.25) is 5.95 Å². The summed E-state index contributed by atoms with van der Waals surface area (Å²) in [7, 11) is 0. The van der Waals surface area contributed by atoms with Crippen LogP contribution in [0.25, 0.3) is 5.57 Å². The zero-order chi connectivity index (χ0) is 19.1. The lowest BCUT2D eigenvalue weighted by atomic mass is 10.1.